The molecule has 1 amide bonds. The third-order valence-electron chi connectivity index (χ3n) is 5.55. The lowest BCUT2D eigenvalue weighted by molar-refractivity contribution is -0.124. The lowest BCUT2D eigenvalue weighted by Crippen LogP contribution is -2.42. The van der Waals surface area contributed by atoms with Crippen LogP contribution in [0.5, 0.6) is 0 Å². The molecule has 2 aromatic rings. The number of amides is 1. The van der Waals surface area contributed by atoms with Gasteiger partial charge in [-0.15, -0.1) is 0 Å². The molecular formula is C21H24N2O2. The second kappa shape index (κ2) is 6.96. The van der Waals surface area contributed by atoms with Gasteiger partial charge in [0.2, 0.25) is 5.91 Å². The van der Waals surface area contributed by atoms with Crippen LogP contribution in [-0.4, -0.2) is 22.1 Å². The summed E-state index contributed by atoms with van der Waals surface area (Å²) in [4.78, 5) is 17.1. The monoisotopic (exact) mass is 336 g/mol. The Hall–Kier alpha value is -2.20. The van der Waals surface area contributed by atoms with Crippen molar-refractivity contribution in [2.24, 2.45) is 11.8 Å². The zero-order valence-corrected chi connectivity index (χ0v) is 14.3. The highest BCUT2D eigenvalue weighted by molar-refractivity contribution is 5.77. The van der Waals surface area contributed by atoms with Gasteiger partial charge >= 0.3 is 0 Å². The molecule has 1 atom stereocenters. The van der Waals surface area contributed by atoms with Crippen molar-refractivity contribution in [1.29, 1.82) is 0 Å². The summed E-state index contributed by atoms with van der Waals surface area (Å²) in [7, 11) is 0. The van der Waals surface area contributed by atoms with Gasteiger partial charge in [-0.2, -0.15) is 0 Å². The van der Waals surface area contributed by atoms with E-state index in [0.29, 0.717) is 12.3 Å². The van der Waals surface area contributed by atoms with E-state index in [9.17, 15) is 9.90 Å². The van der Waals surface area contributed by atoms with Crippen molar-refractivity contribution in [2.75, 3.05) is 0 Å². The number of benzene rings is 1. The predicted molar refractivity (Wildman–Crippen MR) is 95.8 cm³/mol. The highest BCUT2D eigenvalue weighted by atomic mass is 16.3. The largest absolute Gasteiger partial charge is 0.393 e. The highest BCUT2D eigenvalue weighted by Crippen LogP contribution is 2.37. The normalized spacial score (nSPS) is 23.6. The van der Waals surface area contributed by atoms with E-state index < -0.39 is 0 Å². The Kier molecular flexibility index (Phi) is 4.53. The summed E-state index contributed by atoms with van der Waals surface area (Å²) in [6.07, 6.45) is 5.51. The predicted octanol–water partition coefficient (Wildman–Crippen LogP) is 2.81. The molecule has 0 bridgehead atoms. The van der Waals surface area contributed by atoms with Gasteiger partial charge in [-0.1, -0.05) is 30.3 Å². The minimum absolute atomic E-state index is 0.0925. The van der Waals surface area contributed by atoms with Crippen molar-refractivity contribution < 1.29 is 9.90 Å². The molecule has 1 heterocycles. The molecule has 0 spiro atoms. The summed E-state index contributed by atoms with van der Waals surface area (Å²) in [6.45, 7) is 0. The molecule has 0 saturated heterocycles. The van der Waals surface area contributed by atoms with Gasteiger partial charge in [0, 0.05) is 12.6 Å². The molecule has 0 radical (unpaired) electrons. The fourth-order valence-electron chi connectivity index (χ4n) is 4.18. The second-order valence-corrected chi connectivity index (χ2v) is 7.43. The van der Waals surface area contributed by atoms with E-state index in [2.05, 4.69) is 34.6 Å². The molecule has 2 aliphatic carbocycles. The first kappa shape index (κ1) is 16.3. The third-order valence-corrected chi connectivity index (χ3v) is 5.55. The number of aromatic nitrogens is 1. The van der Waals surface area contributed by atoms with Crippen LogP contribution in [-0.2, 0) is 17.6 Å². The average Bonchev–Trinajstić information content (AvgIpc) is 3.00. The van der Waals surface area contributed by atoms with E-state index in [1.807, 2.05) is 18.2 Å². The smallest absolute Gasteiger partial charge is 0.220 e. The summed E-state index contributed by atoms with van der Waals surface area (Å²) in [6, 6.07) is 14.2. The van der Waals surface area contributed by atoms with E-state index in [1.54, 1.807) is 6.20 Å². The summed E-state index contributed by atoms with van der Waals surface area (Å²) in [5, 5.41) is 12.8. The summed E-state index contributed by atoms with van der Waals surface area (Å²) < 4.78 is 0. The maximum atomic E-state index is 12.7. The van der Waals surface area contributed by atoms with Gasteiger partial charge in [-0.25, -0.2) is 0 Å². The molecular weight excluding hydrogens is 312 g/mol. The average molecular weight is 336 g/mol. The Morgan fingerprint density at radius 2 is 1.80 bits per heavy atom. The van der Waals surface area contributed by atoms with Crippen molar-refractivity contribution in [2.45, 2.75) is 44.2 Å². The molecule has 1 aromatic heterocycles. The van der Waals surface area contributed by atoms with E-state index >= 15 is 0 Å². The zero-order chi connectivity index (χ0) is 17.2. The number of nitrogens with one attached hydrogen (secondary N) is 1. The van der Waals surface area contributed by atoms with Gasteiger partial charge in [0.25, 0.3) is 0 Å². The van der Waals surface area contributed by atoms with E-state index in [4.69, 9.17) is 0 Å². The highest BCUT2D eigenvalue weighted by Gasteiger charge is 2.36. The molecule has 25 heavy (non-hydrogen) atoms. The molecule has 1 saturated carbocycles. The number of fused-ring (bicyclic) bond motifs is 1. The molecule has 2 N–H and O–H groups in total. The standard InChI is InChI=1S/C21H24N2O2/c24-18-12-17(13-18)21(19-7-3-4-8-22-19)23-20(25)11-14-9-15-5-1-2-6-16(15)10-14/h1-8,14,17-18,21,24H,9-13H2,(H,23,25)/t17?,18?,21-/m1/s1. The fraction of sp³-hybridized carbons (Fsp3) is 0.429. The summed E-state index contributed by atoms with van der Waals surface area (Å²) in [5.74, 6) is 0.748. The van der Waals surface area contributed by atoms with Crippen LogP contribution in [0, 0.1) is 11.8 Å². The first-order valence-electron chi connectivity index (χ1n) is 9.14. The SMILES string of the molecule is O=C(CC1Cc2ccccc2C1)N[C@@H](c1ccccn1)C1CC(O)C1. The van der Waals surface area contributed by atoms with Gasteiger partial charge in [0.05, 0.1) is 17.8 Å². The Morgan fingerprint density at radius 1 is 1.12 bits per heavy atom. The molecule has 130 valence electrons. The molecule has 4 rings (SSSR count). The number of pyridine rings is 1. The topological polar surface area (TPSA) is 62.2 Å². The molecule has 4 nitrogen and oxygen atoms in total. The van der Waals surface area contributed by atoms with Crippen LogP contribution in [0.25, 0.3) is 0 Å². The van der Waals surface area contributed by atoms with Crippen LogP contribution in [0.2, 0.25) is 0 Å². The van der Waals surface area contributed by atoms with Crippen LogP contribution in [0.4, 0.5) is 0 Å². The minimum atomic E-state index is -0.238. The molecule has 0 aliphatic heterocycles. The number of nitrogens with zero attached hydrogens (tertiary/aromatic N) is 1. The Balaban J connectivity index is 1.40. The lowest BCUT2D eigenvalue weighted by atomic mass is 9.76. The van der Waals surface area contributed by atoms with E-state index in [0.717, 1.165) is 31.4 Å². The Morgan fingerprint density at radius 3 is 2.40 bits per heavy atom. The number of aliphatic hydroxyl groups excluding tert-OH is 1. The van der Waals surface area contributed by atoms with E-state index in [1.165, 1.54) is 11.1 Å². The first-order chi connectivity index (χ1) is 12.2. The van der Waals surface area contributed by atoms with Crippen LogP contribution in [0.1, 0.15) is 42.1 Å². The van der Waals surface area contributed by atoms with Crippen molar-refractivity contribution in [3.8, 4) is 0 Å². The van der Waals surface area contributed by atoms with E-state index in [-0.39, 0.29) is 24.0 Å². The van der Waals surface area contributed by atoms with Gasteiger partial charge in [0.1, 0.15) is 0 Å². The number of hydrogen-bond donors (Lipinski definition) is 2. The molecule has 4 heteroatoms. The number of carbonyl (C=O) groups excluding carboxylic acids is 1. The number of hydrogen-bond acceptors (Lipinski definition) is 3. The second-order valence-electron chi connectivity index (χ2n) is 7.43. The van der Waals surface area contributed by atoms with Gasteiger partial charge in [-0.3, -0.25) is 9.78 Å². The van der Waals surface area contributed by atoms with Crippen molar-refractivity contribution in [3.63, 3.8) is 0 Å². The van der Waals surface area contributed by atoms with Gasteiger partial charge in [0.15, 0.2) is 0 Å². The number of rotatable bonds is 5. The van der Waals surface area contributed by atoms with Crippen LogP contribution < -0.4 is 5.32 Å². The zero-order valence-electron chi connectivity index (χ0n) is 14.3. The molecule has 1 fully saturated rings. The van der Waals surface area contributed by atoms with Crippen LogP contribution in [0.15, 0.2) is 48.7 Å². The maximum absolute atomic E-state index is 12.7. The quantitative estimate of drug-likeness (QED) is 0.882. The van der Waals surface area contributed by atoms with Crippen molar-refractivity contribution >= 4 is 5.91 Å². The van der Waals surface area contributed by atoms with Gasteiger partial charge < -0.3 is 10.4 Å². The molecule has 1 aromatic carbocycles. The Labute approximate surface area is 148 Å². The molecule has 2 aliphatic rings. The minimum Gasteiger partial charge on any atom is -0.393 e. The number of aliphatic hydroxyl groups is 1. The van der Waals surface area contributed by atoms with Crippen molar-refractivity contribution in [3.05, 3.63) is 65.5 Å². The third kappa shape index (κ3) is 3.59. The maximum Gasteiger partial charge on any atom is 0.220 e. The fourth-order valence-corrected chi connectivity index (χ4v) is 4.18. The Bertz CT molecular complexity index is 716. The molecule has 0 unspecified atom stereocenters. The summed E-state index contributed by atoms with van der Waals surface area (Å²) in [5.41, 5.74) is 3.65. The van der Waals surface area contributed by atoms with Gasteiger partial charge in [-0.05, 0) is 60.8 Å². The van der Waals surface area contributed by atoms with Crippen LogP contribution >= 0.6 is 0 Å². The lowest BCUT2D eigenvalue weighted by Gasteiger charge is -2.37. The first-order valence-corrected chi connectivity index (χ1v) is 9.14. The van der Waals surface area contributed by atoms with Crippen LogP contribution in [0.3, 0.4) is 0 Å². The summed E-state index contributed by atoms with van der Waals surface area (Å²) >= 11 is 0. The number of carbonyl (C=O) groups is 1. The van der Waals surface area contributed by atoms with Crippen molar-refractivity contribution in [1.82, 2.24) is 10.3 Å².